The molecule has 3 heterocycles. The summed E-state index contributed by atoms with van der Waals surface area (Å²) in [6, 6.07) is 7.68. The first-order valence-electron chi connectivity index (χ1n) is 8.48. The molecule has 0 N–H and O–H groups in total. The maximum atomic E-state index is 9.37. The highest BCUT2D eigenvalue weighted by atomic mass is 15.1. The summed E-state index contributed by atoms with van der Waals surface area (Å²) in [7, 11) is 0. The van der Waals surface area contributed by atoms with Crippen molar-refractivity contribution >= 4 is 28.4 Å². The number of aliphatic imine (C=N–C) groups is 4. The first-order chi connectivity index (χ1) is 14.6. The topological polar surface area (TPSA) is 194 Å². The van der Waals surface area contributed by atoms with Gasteiger partial charge in [0.05, 0.1) is 29.3 Å². The van der Waals surface area contributed by atoms with E-state index in [0.29, 0.717) is 17.0 Å². The van der Waals surface area contributed by atoms with Crippen molar-refractivity contribution < 1.29 is 0 Å². The van der Waals surface area contributed by atoms with Crippen LogP contribution in [-0.4, -0.2) is 45.4 Å². The Morgan fingerprint density at radius 3 is 1.97 bits per heavy atom. The van der Waals surface area contributed by atoms with Gasteiger partial charge in [-0.15, -0.1) is 0 Å². The highest BCUT2D eigenvalue weighted by Gasteiger charge is 2.42. The van der Waals surface area contributed by atoms with E-state index in [-0.39, 0.29) is 46.5 Å². The smallest absolute Gasteiger partial charge is 0.177 e. The van der Waals surface area contributed by atoms with Crippen molar-refractivity contribution in [2.24, 2.45) is 20.0 Å². The molecule has 0 spiro atoms. The Morgan fingerprint density at radius 1 is 0.767 bits per heavy atom. The van der Waals surface area contributed by atoms with Crippen LogP contribution in [0.1, 0.15) is 35.7 Å². The van der Waals surface area contributed by atoms with Gasteiger partial charge in [-0.3, -0.25) is 20.0 Å². The van der Waals surface area contributed by atoms with Gasteiger partial charge >= 0.3 is 0 Å². The fraction of sp³-hybridized carbons (Fsp3) is 0.211. The SMILES string of the molecule is CC1=NC2=C(CN=C1C#N)c1nc(C#N)c(C#N)nc1C1N=C(C#N)C(C#N)=NC21. The molecule has 0 amide bonds. The summed E-state index contributed by atoms with van der Waals surface area (Å²) < 4.78 is 0. The van der Waals surface area contributed by atoms with E-state index in [1.54, 1.807) is 6.92 Å². The first-order valence-corrected chi connectivity index (χ1v) is 8.48. The van der Waals surface area contributed by atoms with Crippen LogP contribution in [0.25, 0.3) is 5.57 Å². The third-order valence-corrected chi connectivity index (χ3v) is 4.69. The molecule has 4 rings (SSSR count). The van der Waals surface area contributed by atoms with E-state index < -0.39 is 12.1 Å². The van der Waals surface area contributed by atoms with E-state index in [1.807, 2.05) is 30.3 Å². The normalized spacial score (nSPS) is 21.2. The molecule has 0 saturated heterocycles. The molecule has 2 unspecified atom stereocenters. The van der Waals surface area contributed by atoms with Crippen LogP contribution in [0.15, 0.2) is 25.7 Å². The number of nitrogens with zero attached hydrogens (tertiary/aromatic N) is 11. The van der Waals surface area contributed by atoms with E-state index in [0.717, 1.165) is 0 Å². The molecule has 0 bridgehead atoms. The monoisotopic (exact) mass is 389 g/mol. The largest absolute Gasteiger partial charge is 0.268 e. The second kappa shape index (κ2) is 6.84. The van der Waals surface area contributed by atoms with Gasteiger partial charge in [-0.25, -0.2) is 9.97 Å². The molecular weight excluding hydrogens is 382 g/mol. The summed E-state index contributed by atoms with van der Waals surface area (Å²) in [6.45, 7) is 1.64. The summed E-state index contributed by atoms with van der Waals surface area (Å²) in [5.41, 5.74) is 1.19. The Balaban J connectivity index is 2.08. The molecule has 3 aliphatic rings. The predicted octanol–water partition coefficient (Wildman–Crippen LogP) is 0.736. The van der Waals surface area contributed by atoms with Crippen molar-refractivity contribution in [1.82, 2.24) is 9.97 Å². The van der Waals surface area contributed by atoms with E-state index in [2.05, 4.69) is 29.9 Å². The number of fused-ring (bicyclic) bond motifs is 5. The molecule has 11 heteroatoms. The summed E-state index contributed by atoms with van der Waals surface area (Å²) in [5.74, 6) is 0. The van der Waals surface area contributed by atoms with E-state index in [4.69, 9.17) is 0 Å². The summed E-state index contributed by atoms with van der Waals surface area (Å²) in [5, 5.41) is 46.8. The minimum absolute atomic E-state index is 0.0208. The quantitative estimate of drug-likeness (QED) is 0.623. The van der Waals surface area contributed by atoms with Crippen LogP contribution in [0.2, 0.25) is 0 Å². The van der Waals surface area contributed by atoms with Crippen LogP contribution in [0.5, 0.6) is 0 Å². The molecule has 0 fully saturated rings. The lowest BCUT2D eigenvalue weighted by atomic mass is 9.87. The summed E-state index contributed by atoms with van der Waals surface area (Å²) in [6.07, 6.45) is 0. The molecule has 30 heavy (non-hydrogen) atoms. The minimum atomic E-state index is -0.863. The summed E-state index contributed by atoms with van der Waals surface area (Å²) in [4.78, 5) is 26.0. The Morgan fingerprint density at radius 2 is 1.37 bits per heavy atom. The van der Waals surface area contributed by atoms with Gasteiger partial charge in [0.2, 0.25) is 0 Å². The lowest BCUT2D eigenvalue weighted by molar-refractivity contribution is 0.575. The van der Waals surface area contributed by atoms with Crippen LogP contribution in [0.3, 0.4) is 0 Å². The predicted molar refractivity (Wildman–Crippen MR) is 102 cm³/mol. The molecule has 0 radical (unpaired) electrons. The number of rotatable bonds is 0. The molecule has 138 valence electrons. The third kappa shape index (κ3) is 2.54. The van der Waals surface area contributed by atoms with Gasteiger partial charge in [0, 0.05) is 5.57 Å². The molecular formula is C19H7N11. The highest BCUT2D eigenvalue weighted by Crippen LogP contribution is 2.42. The Bertz CT molecular complexity index is 1380. The van der Waals surface area contributed by atoms with Gasteiger partial charge in [-0.1, -0.05) is 0 Å². The van der Waals surface area contributed by atoms with Crippen LogP contribution in [0, 0.1) is 56.7 Å². The van der Waals surface area contributed by atoms with Crippen molar-refractivity contribution in [2.45, 2.75) is 19.0 Å². The zero-order chi connectivity index (χ0) is 21.4. The maximum Gasteiger partial charge on any atom is 0.177 e. The van der Waals surface area contributed by atoms with Crippen molar-refractivity contribution in [2.75, 3.05) is 6.54 Å². The Hall–Kier alpha value is -5.05. The maximum absolute atomic E-state index is 9.37. The molecule has 11 nitrogen and oxygen atoms in total. The highest BCUT2D eigenvalue weighted by molar-refractivity contribution is 6.53. The van der Waals surface area contributed by atoms with E-state index in [1.165, 1.54) is 0 Å². The van der Waals surface area contributed by atoms with Crippen molar-refractivity contribution in [3.8, 4) is 30.3 Å². The average molecular weight is 389 g/mol. The third-order valence-electron chi connectivity index (χ3n) is 4.69. The molecule has 0 saturated carbocycles. The lowest BCUT2D eigenvalue weighted by Crippen LogP contribution is -2.33. The van der Waals surface area contributed by atoms with Gasteiger partial charge in [-0.2, -0.15) is 26.3 Å². The lowest BCUT2D eigenvalue weighted by Gasteiger charge is -2.31. The fourth-order valence-corrected chi connectivity index (χ4v) is 3.37. The average Bonchev–Trinajstić information content (AvgIpc) is 2.95. The zero-order valence-electron chi connectivity index (χ0n) is 15.3. The number of hydrogen-bond donors (Lipinski definition) is 0. The minimum Gasteiger partial charge on any atom is -0.268 e. The second-order valence-corrected chi connectivity index (χ2v) is 6.28. The fourth-order valence-electron chi connectivity index (χ4n) is 3.37. The van der Waals surface area contributed by atoms with Crippen LogP contribution in [-0.2, 0) is 0 Å². The zero-order valence-corrected chi connectivity index (χ0v) is 15.3. The molecule has 0 aromatic carbocycles. The Labute approximate surface area is 169 Å². The molecule has 2 aliphatic heterocycles. The Kier molecular flexibility index (Phi) is 4.18. The van der Waals surface area contributed by atoms with Gasteiger partial charge in [0.25, 0.3) is 0 Å². The molecule has 2 atom stereocenters. The number of hydrogen-bond acceptors (Lipinski definition) is 11. The van der Waals surface area contributed by atoms with E-state index >= 15 is 0 Å². The van der Waals surface area contributed by atoms with Crippen molar-refractivity contribution in [3.63, 3.8) is 0 Å². The molecule has 1 aliphatic carbocycles. The molecule has 1 aromatic heterocycles. The van der Waals surface area contributed by atoms with Crippen LogP contribution < -0.4 is 0 Å². The second-order valence-electron chi connectivity index (χ2n) is 6.28. The molecule has 1 aromatic rings. The van der Waals surface area contributed by atoms with Crippen molar-refractivity contribution in [3.05, 3.63) is 28.5 Å². The number of nitriles is 5. The standard InChI is InChI=1S/C19H7N11/c1-8-10(2-20)25-7-9-15(26-8)17-19(30-14(6-24)13(5-23)28-17)18-16(9)27-11(3-21)12(4-22)29-18/h17,19H,7H2,1H3. The van der Waals surface area contributed by atoms with E-state index in [9.17, 15) is 26.3 Å². The number of aromatic nitrogens is 2. The van der Waals surface area contributed by atoms with Gasteiger partial charge in [-0.05, 0) is 6.92 Å². The van der Waals surface area contributed by atoms with Crippen LogP contribution >= 0.6 is 0 Å². The first kappa shape index (κ1) is 18.3. The summed E-state index contributed by atoms with van der Waals surface area (Å²) >= 11 is 0. The van der Waals surface area contributed by atoms with Gasteiger partial charge in [0.1, 0.15) is 42.4 Å². The van der Waals surface area contributed by atoms with Gasteiger partial charge < -0.3 is 0 Å². The van der Waals surface area contributed by atoms with Crippen LogP contribution in [0.4, 0.5) is 0 Å². The van der Waals surface area contributed by atoms with Crippen molar-refractivity contribution in [1.29, 1.82) is 26.3 Å². The van der Waals surface area contributed by atoms with Gasteiger partial charge in [0.15, 0.2) is 28.5 Å².